The molecule has 1 amide bonds. The molecule has 2 heterocycles. The van der Waals surface area contributed by atoms with E-state index in [1.807, 2.05) is 53.4 Å². The second-order valence-corrected chi connectivity index (χ2v) is 6.68. The number of halogens is 1. The monoisotopic (exact) mass is 355 g/mol. The van der Waals surface area contributed by atoms with E-state index in [0.717, 1.165) is 35.8 Å². The lowest BCUT2D eigenvalue weighted by molar-refractivity contribution is -0.130. The molecule has 0 N–H and O–H groups in total. The van der Waals surface area contributed by atoms with Crippen LogP contribution in [-0.4, -0.2) is 46.9 Å². The Morgan fingerprint density at radius 3 is 2.60 bits per heavy atom. The summed E-state index contributed by atoms with van der Waals surface area (Å²) in [6.45, 7) is 3.60. The highest BCUT2D eigenvalue weighted by molar-refractivity contribution is 6.31. The van der Waals surface area contributed by atoms with Crippen LogP contribution < -0.4 is 0 Å². The lowest BCUT2D eigenvalue weighted by Gasteiger charge is -2.22. The van der Waals surface area contributed by atoms with Gasteiger partial charge in [0, 0.05) is 56.6 Å². The van der Waals surface area contributed by atoms with Crippen molar-refractivity contribution in [1.29, 1.82) is 0 Å². The summed E-state index contributed by atoms with van der Waals surface area (Å²) in [5.41, 5.74) is 2.21. The van der Waals surface area contributed by atoms with Crippen LogP contribution in [0, 0.1) is 0 Å². The van der Waals surface area contributed by atoms with E-state index in [-0.39, 0.29) is 5.91 Å². The van der Waals surface area contributed by atoms with Gasteiger partial charge in [-0.3, -0.25) is 14.7 Å². The van der Waals surface area contributed by atoms with Crippen molar-refractivity contribution in [3.8, 4) is 0 Å². The lowest BCUT2D eigenvalue weighted by Crippen LogP contribution is -2.33. The molecule has 1 aromatic heterocycles. The number of carbonyl (C=O) groups is 1. The largest absolute Gasteiger partial charge is 0.337 e. The minimum Gasteiger partial charge on any atom is -0.337 e. The Hall–Kier alpha value is -2.17. The molecule has 1 aromatic carbocycles. The van der Waals surface area contributed by atoms with E-state index in [2.05, 4.69) is 9.88 Å². The standard InChI is InChI=1S/C20H22ClN3O/c21-19(14-17-4-2-1-3-5-17)16-23-11-8-20(25)24(13-12-23)15-18-6-9-22-10-7-18/h1-7,9-10,14H,8,11-13,15-16H2. The van der Waals surface area contributed by atoms with Crippen LogP contribution in [0.5, 0.6) is 0 Å². The van der Waals surface area contributed by atoms with Gasteiger partial charge in [-0.25, -0.2) is 0 Å². The van der Waals surface area contributed by atoms with Crippen molar-refractivity contribution in [3.63, 3.8) is 0 Å². The molecule has 0 spiro atoms. The SMILES string of the molecule is O=C1CCN(CC(Cl)=Cc2ccccc2)CCN1Cc1ccncc1. The van der Waals surface area contributed by atoms with Crippen molar-refractivity contribution in [2.75, 3.05) is 26.2 Å². The summed E-state index contributed by atoms with van der Waals surface area (Å²) in [4.78, 5) is 20.6. The fourth-order valence-electron chi connectivity index (χ4n) is 2.93. The first-order valence-electron chi connectivity index (χ1n) is 8.51. The van der Waals surface area contributed by atoms with Crippen LogP contribution in [-0.2, 0) is 11.3 Å². The summed E-state index contributed by atoms with van der Waals surface area (Å²) < 4.78 is 0. The van der Waals surface area contributed by atoms with Crippen LogP contribution in [0.3, 0.4) is 0 Å². The summed E-state index contributed by atoms with van der Waals surface area (Å²) in [6, 6.07) is 14.0. The molecule has 3 rings (SSSR count). The summed E-state index contributed by atoms with van der Waals surface area (Å²) in [7, 11) is 0. The topological polar surface area (TPSA) is 36.4 Å². The van der Waals surface area contributed by atoms with Crippen molar-refractivity contribution < 1.29 is 4.79 Å². The van der Waals surface area contributed by atoms with E-state index in [1.165, 1.54) is 0 Å². The molecule has 0 atom stereocenters. The normalized spacial score (nSPS) is 16.8. The number of benzene rings is 1. The first-order valence-corrected chi connectivity index (χ1v) is 8.88. The Morgan fingerprint density at radius 1 is 1.08 bits per heavy atom. The third kappa shape index (κ3) is 5.41. The predicted molar refractivity (Wildman–Crippen MR) is 101 cm³/mol. The van der Waals surface area contributed by atoms with E-state index in [9.17, 15) is 4.79 Å². The highest BCUT2D eigenvalue weighted by Gasteiger charge is 2.21. The van der Waals surface area contributed by atoms with Gasteiger partial charge in [-0.1, -0.05) is 41.9 Å². The third-order valence-electron chi connectivity index (χ3n) is 4.30. The second-order valence-electron chi connectivity index (χ2n) is 6.20. The Morgan fingerprint density at radius 2 is 1.84 bits per heavy atom. The molecule has 130 valence electrons. The molecule has 1 aliphatic heterocycles. The van der Waals surface area contributed by atoms with Crippen molar-refractivity contribution >= 4 is 23.6 Å². The number of pyridine rings is 1. The number of hydrogen-bond acceptors (Lipinski definition) is 3. The molecule has 0 saturated carbocycles. The fraction of sp³-hybridized carbons (Fsp3) is 0.300. The molecule has 2 aromatic rings. The second kappa shape index (κ2) is 8.79. The summed E-state index contributed by atoms with van der Waals surface area (Å²) in [5.74, 6) is 0.197. The van der Waals surface area contributed by atoms with E-state index in [4.69, 9.17) is 11.6 Å². The smallest absolute Gasteiger partial charge is 0.224 e. The van der Waals surface area contributed by atoms with Gasteiger partial charge in [0.1, 0.15) is 0 Å². The van der Waals surface area contributed by atoms with Crippen molar-refractivity contribution in [1.82, 2.24) is 14.8 Å². The van der Waals surface area contributed by atoms with Crippen molar-refractivity contribution in [3.05, 3.63) is 71.0 Å². The molecular weight excluding hydrogens is 334 g/mol. The quantitative estimate of drug-likeness (QED) is 0.824. The Labute approximate surface area is 153 Å². The van der Waals surface area contributed by atoms with Gasteiger partial charge in [-0.05, 0) is 29.3 Å². The average molecular weight is 356 g/mol. The van der Waals surface area contributed by atoms with Gasteiger partial charge < -0.3 is 4.90 Å². The van der Waals surface area contributed by atoms with Crippen LogP contribution in [0.25, 0.3) is 6.08 Å². The molecule has 0 unspecified atom stereocenters. The van der Waals surface area contributed by atoms with Crippen LogP contribution in [0.1, 0.15) is 17.5 Å². The number of nitrogens with zero attached hydrogens (tertiary/aromatic N) is 3. The van der Waals surface area contributed by atoms with E-state index in [0.29, 0.717) is 19.5 Å². The third-order valence-corrected chi connectivity index (χ3v) is 4.53. The van der Waals surface area contributed by atoms with Gasteiger partial charge in [-0.2, -0.15) is 0 Å². The highest BCUT2D eigenvalue weighted by atomic mass is 35.5. The zero-order chi connectivity index (χ0) is 17.5. The van der Waals surface area contributed by atoms with E-state index < -0.39 is 0 Å². The number of aromatic nitrogens is 1. The highest BCUT2D eigenvalue weighted by Crippen LogP contribution is 2.15. The summed E-state index contributed by atoms with van der Waals surface area (Å²) >= 11 is 6.42. The molecule has 1 saturated heterocycles. The molecular formula is C20H22ClN3O. The zero-order valence-electron chi connectivity index (χ0n) is 14.1. The van der Waals surface area contributed by atoms with Crippen LogP contribution in [0.4, 0.5) is 0 Å². The minimum absolute atomic E-state index is 0.197. The number of carbonyl (C=O) groups excluding carboxylic acids is 1. The van der Waals surface area contributed by atoms with Crippen LogP contribution in [0.2, 0.25) is 0 Å². The van der Waals surface area contributed by atoms with Gasteiger partial charge in [0.25, 0.3) is 0 Å². The molecule has 0 radical (unpaired) electrons. The van der Waals surface area contributed by atoms with E-state index in [1.54, 1.807) is 12.4 Å². The van der Waals surface area contributed by atoms with E-state index >= 15 is 0 Å². The van der Waals surface area contributed by atoms with Gasteiger partial charge in [0.15, 0.2) is 0 Å². The molecule has 25 heavy (non-hydrogen) atoms. The first kappa shape index (κ1) is 17.6. The zero-order valence-corrected chi connectivity index (χ0v) is 14.9. The Kier molecular flexibility index (Phi) is 6.20. The van der Waals surface area contributed by atoms with Crippen LogP contribution >= 0.6 is 11.6 Å². The summed E-state index contributed by atoms with van der Waals surface area (Å²) in [6.07, 6.45) is 6.04. The minimum atomic E-state index is 0.197. The summed E-state index contributed by atoms with van der Waals surface area (Å²) in [5, 5.41) is 0.793. The van der Waals surface area contributed by atoms with Gasteiger partial charge in [0.05, 0.1) is 0 Å². The molecule has 0 bridgehead atoms. The predicted octanol–water partition coefficient (Wildman–Crippen LogP) is 3.40. The average Bonchev–Trinajstić information content (AvgIpc) is 2.79. The Balaban J connectivity index is 1.57. The first-order chi connectivity index (χ1) is 12.2. The molecule has 4 nitrogen and oxygen atoms in total. The molecule has 0 aliphatic carbocycles. The molecule has 5 heteroatoms. The van der Waals surface area contributed by atoms with Crippen LogP contribution in [0.15, 0.2) is 59.9 Å². The van der Waals surface area contributed by atoms with Gasteiger partial charge >= 0.3 is 0 Å². The molecule has 1 aliphatic rings. The number of amides is 1. The maximum absolute atomic E-state index is 12.4. The number of rotatable bonds is 5. The Bertz CT molecular complexity index is 718. The fourth-order valence-corrected chi connectivity index (χ4v) is 3.23. The van der Waals surface area contributed by atoms with Crippen molar-refractivity contribution in [2.45, 2.75) is 13.0 Å². The maximum Gasteiger partial charge on any atom is 0.224 e. The molecule has 1 fully saturated rings. The van der Waals surface area contributed by atoms with Crippen molar-refractivity contribution in [2.24, 2.45) is 0 Å². The lowest BCUT2D eigenvalue weighted by atomic mass is 10.2. The van der Waals surface area contributed by atoms with Gasteiger partial charge in [-0.15, -0.1) is 0 Å². The number of hydrogen-bond donors (Lipinski definition) is 0. The van der Waals surface area contributed by atoms with Gasteiger partial charge in [0.2, 0.25) is 5.91 Å². The maximum atomic E-state index is 12.4.